The smallest absolute Gasteiger partial charge is 0.134 e. The largest absolute Gasteiger partial charge is 0.459 e. The fourth-order valence-electron chi connectivity index (χ4n) is 2.18. The summed E-state index contributed by atoms with van der Waals surface area (Å²) in [5.41, 5.74) is 1.85. The summed E-state index contributed by atoms with van der Waals surface area (Å²) in [6.45, 7) is 2.06. The number of halogens is 1. The Bertz CT molecular complexity index is 644. The normalized spacial score (nSPS) is 14.4. The summed E-state index contributed by atoms with van der Waals surface area (Å²) in [4.78, 5) is 4.35. The second-order valence-electron chi connectivity index (χ2n) is 4.63. The number of aromatic nitrogens is 1. The lowest BCUT2D eigenvalue weighted by Crippen LogP contribution is -2.03. The first-order valence-electron chi connectivity index (χ1n) is 6.29. The summed E-state index contributed by atoms with van der Waals surface area (Å²) >= 11 is 6.53. The molecule has 0 aliphatic carbocycles. The molecule has 2 nitrogen and oxygen atoms in total. The summed E-state index contributed by atoms with van der Waals surface area (Å²) in [7, 11) is 0. The molecule has 19 heavy (non-hydrogen) atoms. The van der Waals surface area contributed by atoms with E-state index in [1.165, 1.54) is 0 Å². The van der Waals surface area contributed by atoms with Crippen LogP contribution in [0.5, 0.6) is 0 Å². The molecule has 0 aliphatic heterocycles. The molecule has 2 aromatic heterocycles. The second kappa shape index (κ2) is 5.06. The average Bonchev–Trinajstić information content (AvgIpc) is 2.90. The van der Waals surface area contributed by atoms with Gasteiger partial charge in [-0.15, -0.1) is 11.6 Å². The van der Waals surface area contributed by atoms with Gasteiger partial charge in [0.2, 0.25) is 0 Å². The van der Waals surface area contributed by atoms with Crippen LogP contribution in [0.3, 0.4) is 0 Å². The van der Waals surface area contributed by atoms with Crippen LogP contribution in [0.1, 0.15) is 29.7 Å². The summed E-state index contributed by atoms with van der Waals surface area (Å²) in [5.74, 6) is 0.893. The SMILES string of the molecule is CC(c1ccccn1)C(Cl)c1cc2ccccc2o1. The van der Waals surface area contributed by atoms with Crippen molar-refractivity contribution in [2.45, 2.75) is 18.2 Å². The maximum absolute atomic E-state index is 6.53. The molecule has 96 valence electrons. The molecule has 0 N–H and O–H groups in total. The van der Waals surface area contributed by atoms with Gasteiger partial charge in [0.1, 0.15) is 11.3 Å². The number of hydrogen-bond acceptors (Lipinski definition) is 2. The Morgan fingerprint density at radius 1 is 1.11 bits per heavy atom. The first-order valence-corrected chi connectivity index (χ1v) is 6.73. The number of benzene rings is 1. The fourth-order valence-corrected chi connectivity index (χ4v) is 2.42. The molecule has 0 aliphatic rings. The molecular formula is C16H14ClNO. The second-order valence-corrected chi connectivity index (χ2v) is 5.10. The van der Waals surface area contributed by atoms with Gasteiger partial charge in [0.05, 0.1) is 5.38 Å². The van der Waals surface area contributed by atoms with E-state index < -0.39 is 0 Å². The molecule has 3 rings (SSSR count). The fraction of sp³-hybridized carbons (Fsp3) is 0.188. The molecular weight excluding hydrogens is 258 g/mol. The third-order valence-electron chi connectivity index (χ3n) is 3.31. The van der Waals surface area contributed by atoms with Gasteiger partial charge in [-0.25, -0.2) is 0 Å². The summed E-state index contributed by atoms with van der Waals surface area (Å²) < 4.78 is 5.81. The van der Waals surface area contributed by atoms with Crippen LogP contribution in [0.15, 0.2) is 59.1 Å². The van der Waals surface area contributed by atoms with Crippen molar-refractivity contribution in [1.29, 1.82) is 0 Å². The lowest BCUT2D eigenvalue weighted by atomic mass is 10.0. The Labute approximate surface area is 117 Å². The zero-order valence-corrected chi connectivity index (χ0v) is 11.3. The number of rotatable bonds is 3. The zero-order chi connectivity index (χ0) is 13.2. The summed E-state index contributed by atoms with van der Waals surface area (Å²) in [5, 5.41) is 0.860. The zero-order valence-electron chi connectivity index (χ0n) is 10.6. The molecule has 3 heteroatoms. The van der Waals surface area contributed by atoms with E-state index >= 15 is 0 Å². The molecule has 0 saturated heterocycles. The number of para-hydroxylation sites is 1. The van der Waals surface area contributed by atoms with E-state index in [0.29, 0.717) is 0 Å². The molecule has 0 spiro atoms. The van der Waals surface area contributed by atoms with E-state index in [9.17, 15) is 0 Å². The van der Waals surface area contributed by atoms with E-state index in [-0.39, 0.29) is 11.3 Å². The first-order chi connectivity index (χ1) is 9.25. The summed E-state index contributed by atoms with van der Waals surface area (Å²) in [6, 6.07) is 15.8. The third-order valence-corrected chi connectivity index (χ3v) is 3.90. The van der Waals surface area contributed by atoms with Crippen LogP contribution in [0.2, 0.25) is 0 Å². The number of alkyl halides is 1. The van der Waals surface area contributed by atoms with Crippen molar-refractivity contribution >= 4 is 22.6 Å². The number of nitrogens with zero attached hydrogens (tertiary/aromatic N) is 1. The number of pyridine rings is 1. The molecule has 3 aromatic rings. The van der Waals surface area contributed by atoms with Gasteiger partial charge >= 0.3 is 0 Å². The van der Waals surface area contributed by atoms with E-state index in [2.05, 4.69) is 11.9 Å². The monoisotopic (exact) mass is 271 g/mol. The van der Waals surface area contributed by atoms with Gasteiger partial charge in [0.15, 0.2) is 0 Å². The highest BCUT2D eigenvalue weighted by atomic mass is 35.5. The van der Waals surface area contributed by atoms with Crippen LogP contribution in [0.4, 0.5) is 0 Å². The van der Waals surface area contributed by atoms with Crippen molar-refractivity contribution in [1.82, 2.24) is 4.98 Å². The molecule has 2 atom stereocenters. The summed E-state index contributed by atoms with van der Waals surface area (Å²) in [6.07, 6.45) is 1.79. The average molecular weight is 272 g/mol. The van der Waals surface area contributed by atoms with E-state index in [1.54, 1.807) is 6.20 Å². The molecule has 0 amide bonds. The minimum Gasteiger partial charge on any atom is -0.459 e. The van der Waals surface area contributed by atoms with Crippen LogP contribution < -0.4 is 0 Å². The van der Waals surface area contributed by atoms with Gasteiger partial charge in [0.25, 0.3) is 0 Å². The van der Waals surface area contributed by atoms with Crippen molar-refractivity contribution in [3.05, 3.63) is 66.2 Å². The van der Waals surface area contributed by atoms with Crippen LogP contribution in [0, 0.1) is 0 Å². The number of hydrogen-bond donors (Lipinski definition) is 0. The van der Waals surface area contributed by atoms with E-state index in [4.69, 9.17) is 16.0 Å². The number of furan rings is 1. The van der Waals surface area contributed by atoms with Gasteiger partial charge in [-0.2, -0.15) is 0 Å². The maximum Gasteiger partial charge on any atom is 0.134 e. The van der Waals surface area contributed by atoms with Gasteiger partial charge < -0.3 is 4.42 Å². The first kappa shape index (κ1) is 12.2. The third kappa shape index (κ3) is 2.36. The van der Waals surface area contributed by atoms with Crippen LogP contribution in [0.25, 0.3) is 11.0 Å². The lowest BCUT2D eigenvalue weighted by molar-refractivity contribution is 0.513. The Hall–Kier alpha value is -1.80. The van der Waals surface area contributed by atoms with E-state index in [0.717, 1.165) is 22.4 Å². The molecule has 1 aromatic carbocycles. The van der Waals surface area contributed by atoms with Crippen molar-refractivity contribution in [3.63, 3.8) is 0 Å². The highest BCUT2D eigenvalue weighted by Crippen LogP contribution is 2.37. The highest BCUT2D eigenvalue weighted by Gasteiger charge is 2.22. The predicted molar refractivity (Wildman–Crippen MR) is 77.5 cm³/mol. The standard InChI is InChI=1S/C16H14ClNO/c1-11(13-7-4-5-9-18-13)16(17)15-10-12-6-2-3-8-14(12)19-15/h2-11,16H,1H3. The predicted octanol–water partition coefficient (Wildman–Crippen LogP) is 4.91. The van der Waals surface area contributed by atoms with Gasteiger partial charge in [-0.1, -0.05) is 31.2 Å². The molecule has 0 saturated carbocycles. The van der Waals surface area contributed by atoms with Crippen molar-refractivity contribution < 1.29 is 4.42 Å². The van der Waals surface area contributed by atoms with Crippen LogP contribution in [-0.4, -0.2) is 4.98 Å². The van der Waals surface area contributed by atoms with E-state index in [1.807, 2.05) is 48.5 Å². The Kier molecular flexibility index (Phi) is 3.26. The molecule has 2 heterocycles. The topological polar surface area (TPSA) is 26.0 Å². The molecule has 2 unspecified atom stereocenters. The van der Waals surface area contributed by atoms with Crippen molar-refractivity contribution in [2.24, 2.45) is 0 Å². The van der Waals surface area contributed by atoms with Crippen LogP contribution in [-0.2, 0) is 0 Å². The Morgan fingerprint density at radius 2 is 1.89 bits per heavy atom. The Morgan fingerprint density at radius 3 is 2.63 bits per heavy atom. The van der Waals surface area contributed by atoms with Gasteiger partial charge in [-0.05, 0) is 24.3 Å². The number of fused-ring (bicyclic) bond motifs is 1. The Balaban J connectivity index is 1.93. The molecule has 0 fully saturated rings. The quantitative estimate of drug-likeness (QED) is 0.633. The lowest BCUT2D eigenvalue weighted by Gasteiger charge is -2.15. The molecule has 0 radical (unpaired) electrons. The maximum atomic E-state index is 6.53. The van der Waals surface area contributed by atoms with Crippen molar-refractivity contribution in [3.8, 4) is 0 Å². The van der Waals surface area contributed by atoms with Crippen LogP contribution >= 0.6 is 11.6 Å². The van der Waals surface area contributed by atoms with Gasteiger partial charge in [0, 0.05) is 23.2 Å². The molecule has 0 bridgehead atoms. The highest BCUT2D eigenvalue weighted by molar-refractivity contribution is 6.21. The van der Waals surface area contributed by atoms with Gasteiger partial charge in [-0.3, -0.25) is 4.98 Å². The minimum atomic E-state index is -0.220. The van der Waals surface area contributed by atoms with Crippen molar-refractivity contribution in [2.75, 3.05) is 0 Å². The minimum absolute atomic E-state index is 0.100.